The number of ether oxygens (including phenoxy) is 3. The molecular weight excluding hydrogens is 394 g/mol. The standard InChI is InChI=1S/C23H23N5O3/c24-10-16-5-4-6-17(9-16)11-25-20-14-30-23-21(15-31-22(20)23)28-12-18(26-27-28)13-29-19-7-2-1-3-8-19/h1-9,12,20-23,25H,11,13-15H2/p+1/t20-,21-,22+,23+/m0/s1. The lowest BCUT2D eigenvalue weighted by molar-refractivity contribution is -0.707. The molecule has 0 unspecified atom stereocenters. The number of quaternary nitrogens is 1. The Morgan fingerprint density at radius 2 is 1.97 bits per heavy atom. The fourth-order valence-corrected chi connectivity index (χ4v) is 4.21. The fraction of sp³-hybridized carbons (Fsp3) is 0.348. The van der Waals surface area contributed by atoms with E-state index in [0.29, 0.717) is 25.4 Å². The van der Waals surface area contributed by atoms with E-state index < -0.39 is 0 Å². The van der Waals surface area contributed by atoms with Crippen LogP contribution in [0.1, 0.15) is 22.9 Å². The number of aromatic nitrogens is 3. The lowest BCUT2D eigenvalue weighted by Gasteiger charge is -2.15. The van der Waals surface area contributed by atoms with Gasteiger partial charge in [0.1, 0.15) is 55.5 Å². The molecule has 0 spiro atoms. The third kappa shape index (κ3) is 4.30. The minimum Gasteiger partial charge on any atom is -0.487 e. The van der Waals surface area contributed by atoms with Crippen LogP contribution in [0, 0.1) is 11.3 Å². The number of hydrogen-bond donors (Lipinski definition) is 1. The van der Waals surface area contributed by atoms with Crippen LogP contribution in [0.2, 0.25) is 0 Å². The highest BCUT2D eigenvalue weighted by atomic mass is 16.6. The van der Waals surface area contributed by atoms with Crippen molar-refractivity contribution in [2.24, 2.45) is 0 Å². The predicted octanol–water partition coefficient (Wildman–Crippen LogP) is 1.20. The van der Waals surface area contributed by atoms with Crippen LogP contribution in [0.15, 0.2) is 60.8 Å². The predicted molar refractivity (Wildman–Crippen MR) is 110 cm³/mol. The molecule has 2 fully saturated rings. The third-order valence-corrected chi connectivity index (χ3v) is 5.81. The summed E-state index contributed by atoms with van der Waals surface area (Å²) < 4.78 is 19.8. The van der Waals surface area contributed by atoms with E-state index in [9.17, 15) is 0 Å². The first kappa shape index (κ1) is 19.7. The van der Waals surface area contributed by atoms with E-state index >= 15 is 0 Å². The summed E-state index contributed by atoms with van der Waals surface area (Å²) in [6.45, 7) is 2.32. The van der Waals surface area contributed by atoms with Gasteiger partial charge in [-0.1, -0.05) is 35.5 Å². The van der Waals surface area contributed by atoms with Gasteiger partial charge in [-0.25, -0.2) is 4.68 Å². The largest absolute Gasteiger partial charge is 0.487 e. The van der Waals surface area contributed by atoms with Crippen molar-refractivity contribution in [1.29, 1.82) is 5.26 Å². The summed E-state index contributed by atoms with van der Waals surface area (Å²) in [5.41, 5.74) is 2.57. The molecule has 0 bridgehead atoms. The molecule has 2 aliphatic rings. The Morgan fingerprint density at radius 3 is 2.84 bits per heavy atom. The first-order chi connectivity index (χ1) is 15.3. The SMILES string of the molecule is N#Cc1cccc(C[NH2+][C@H]2CO[C@H]3[C@@H]2OC[C@@H]3n2cc(COc3ccccc3)nn2)c1. The quantitative estimate of drug-likeness (QED) is 0.619. The van der Waals surface area contributed by atoms with Gasteiger partial charge in [-0.15, -0.1) is 5.10 Å². The topological polar surface area (TPSA) is 98.8 Å². The van der Waals surface area contributed by atoms with Crippen molar-refractivity contribution in [2.45, 2.75) is 37.4 Å². The molecule has 2 aliphatic heterocycles. The smallest absolute Gasteiger partial charge is 0.140 e. The summed E-state index contributed by atoms with van der Waals surface area (Å²) in [7, 11) is 0. The van der Waals surface area contributed by atoms with Gasteiger partial charge in [0.2, 0.25) is 0 Å². The number of nitriles is 1. The van der Waals surface area contributed by atoms with Crippen molar-refractivity contribution in [3.8, 4) is 11.8 Å². The molecule has 31 heavy (non-hydrogen) atoms. The summed E-state index contributed by atoms with van der Waals surface area (Å²) in [5, 5.41) is 19.9. The normalized spacial score (nSPS) is 24.6. The zero-order chi connectivity index (χ0) is 21.0. The van der Waals surface area contributed by atoms with Crippen LogP contribution in [0.5, 0.6) is 5.75 Å². The van der Waals surface area contributed by atoms with E-state index in [1.165, 1.54) is 0 Å². The first-order valence-electron chi connectivity index (χ1n) is 10.4. The number of para-hydroxylation sites is 1. The maximum Gasteiger partial charge on any atom is 0.140 e. The Kier molecular flexibility index (Phi) is 5.63. The van der Waals surface area contributed by atoms with Crippen LogP contribution in [0.4, 0.5) is 0 Å². The monoisotopic (exact) mass is 418 g/mol. The van der Waals surface area contributed by atoms with Gasteiger partial charge in [-0.3, -0.25) is 0 Å². The summed E-state index contributed by atoms with van der Waals surface area (Å²) in [6, 6.07) is 19.8. The molecule has 4 atom stereocenters. The lowest BCUT2D eigenvalue weighted by Crippen LogP contribution is -2.91. The molecule has 2 aromatic carbocycles. The van der Waals surface area contributed by atoms with Crippen LogP contribution in [-0.4, -0.2) is 46.5 Å². The van der Waals surface area contributed by atoms with E-state index in [0.717, 1.165) is 23.6 Å². The number of rotatable bonds is 7. The second kappa shape index (κ2) is 8.86. The number of fused-ring (bicyclic) bond motifs is 1. The van der Waals surface area contributed by atoms with Gasteiger partial charge in [-0.2, -0.15) is 5.26 Å². The van der Waals surface area contributed by atoms with Gasteiger partial charge in [0.05, 0.1) is 24.4 Å². The Morgan fingerprint density at radius 1 is 1.10 bits per heavy atom. The Bertz CT molecular complexity index is 1060. The van der Waals surface area contributed by atoms with Gasteiger partial charge in [-0.05, 0) is 24.3 Å². The summed E-state index contributed by atoms with van der Waals surface area (Å²) >= 11 is 0. The molecule has 158 valence electrons. The molecule has 0 aliphatic carbocycles. The molecular formula is C23H24N5O3+. The molecule has 2 N–H and O–H groups in total. The van der Waals surface area contributed by atoms with E-state index in [4.69, 9.17) is 19.5 Å². The molecule has 8 nitrogen and oxygen atoms in total. The van der Waals surface area contributed by atoms with E-state index in [1.807, 2.05) is 65.5 Å². The van der Waals surface area contributed by atoms with Crippen molar-refractivity contribution < 1.29 is 19.5 Å². The zero-order valence-electron chi connectivity index (χ0n) is 17.0. The van der Waals surface area contributed by atoms with Crippen molar-refractivity contribution in [1.82, 2.24) is 15.0 Å². The van der Waals surface area contributed by atoms with Crippen molar-refractivity contribution in [3.05, 3.63) is 77.6 Å². The molecule has 8 heteroatoms. The molecule has 3 heterocycles. The molecule has 0 saturated carbocycles. The molecule has 5 rings (SSSR count). The van der Waals surface area contributed by atoms with Crippen LogP contribution in [0.3, 0.4) is 0 Å². The van der Waals surface area contributed by atoms with Crippen molar-refractivity contribution >= 4 is 0 Å². The second-order valence-corrected chi connectivity index (χ2v) is 7.87. The van der Waals surface area contributed by atoms with E-state index in [2.05, 4.69) is 21.7 Å². The maximum atomic E-state index is 9.07. The number of benzene rings is 2. The minimum absolute atomic E-state index is 0.00305. The Hall–Kier alpha value is -3.25. The van der Waals surface area contributed by atoms with Crippen molar-refractivity contribution in [3.63, 3.8) is 0 Å². The van der Waals surface area contributed by atoms with Gasteiger partial charge >= 0.3 is 0 Å². The number of nitrogens with two attached hydrogens (primary N) is 1. The third-order valence-electron chi connectivity index (χ3n) is 5.81. The van der Waals surface area contributed by atoms with Crippen LogP contribution >= 0.6 is 0 Å². The average molecular weight is 418 g/mol. The van der Waals surface area contributed by atoms with Gasteiger partial charge in [0.25, 0.3) is 0 Å². The average Bonchev–Trinajstić information content (AvgIpc) is 3.54. The Labute approximate surface area is 180 Å². The molecule has 1 aromatic heterocycles. The molecule has 0 radical (unpaired) electrons. The maximum absolute atomic E-state index is 9.07. The Balaban J connectivity index is 1.17. The summed E-state index contributed by atoms with van der Waals surface area (Å²) in [4.78, 5) is 0. The summed E-state index contributed by atoms with van der Waals surface area (Å²) in [6.07, 6.45) is 1.88. The second-order valence-electron chi connectivity index (χ2n) is 7.87. The highest BCUT2D eigenvalue weighted by molar-refractivity contribution is 5.32. The van der Waals surface area contributed by atoms with Gasteiger partial charge < -0.3 is 19.5 Å². The van der Waals surface area contributed by atoms with E-state index in [-0.39, 0.29) is 24.3 Å². The lowest BCUT2D eigenvalue weighted by atomic mass is 10.1. The highest BCUT2D eigenvalue weighted by Gasteiger charge is 2.50. The number of nitrogens with zero attached hydrogens (tertiary/aromatic N) is 4. The van der Waals surface area contributed by atoms with Crippen LogP contribution < -0.4 is 10.1 Å². The molecule has 3 aromatic rings. The van der Waals surface area contributed by atoms with Crippen LogP contribution in [-0.2, 0) is 22.6 Å². The minimum atomic E-state index is -0.0451. The molecule has 2 saturated heterocycles. The first-order valence-corrected chi connectivity index (χ1v) is 10.4. The molecule has 0 amide bonds. The fourth-order valence-electron chi connectivity index (χ4n) is 4.21. The summed E-state index contributed by atoms with van der Waals surface area (Å²) in [5.74, 6) is 0.805. The zero-order valence-corrected chi connectivity index (χ0v) is 17.0. The number of hydrogen-bond acceptors (Lipinski definition) is 6. The van der Waals surface area contributed by atoms with Crippen molar-refractivity contribution in [2.75, 3.05) is 13.2 Å². The van der Waals surface area contributed by atoms with Gasteiger partial charge in [0, 0.05) is 5.56 Å². The highest BCUT2D eigenvalue weighted by Crippen LogP contribution is 2.33. The van der Waals surface area contributed by atoms with Gasteiger partial charge in [0.15, 0.2) is 0 Å². The van der Waals surface area contributed by atoms with E-state index in [1.54, 1.807) is 0 Å². The van der Waals surface area contributed by atoms with Crippen LogP contribution in [0.25, 0.3) is 0 Å².